The van der Waals surface area contributed by atoms with Crippen LogP contribution in [0, 0.1) is 0 Å². The van der Waals surface area contributed by atoms with Crippen molar-refractivity contribution in [1.29, 1.82) is 0 Å². The maximum atomic E-state index is 11.9. The molecular formula is C15H17NO3. The molecule has 19 heavy (non-hydrogen) atoms. The summed E-state index contributed by atoms with van der Waals surface area (Å²) >= 11 is 0. The zero-order valence-electron chi connectivity index (χ0n) is 10.9. The van der Waals surface area contributed by atoms with Crippen molar-refractivity contribution in [1.82, 2.24) is 0 Å². The summed E-state index contributed by atoms with van der Waals surface area (Å²) in [5.74, 6) is 1.82. The SMILES string of the molecule is COc1ccc(CCC(=O)c2ccc(CN)o2)cc1. The summed E-state index contributed by atoms with van der Waals surface area (Å²) in [6.45, 7) is 0.311. The number of Topliss-reactive ketones (excluding diaryl/α,β-unsaturated/α-hetero) is 1. The molecule has 0 saturated carbocycles. The number of hydrogen-bond acceptors (Lipinski definition) is 4. The van der Waals surface area contributed by atoms with Gasteiger partial charge in [-0.25, -0.2) is 0 Å². The maximum Gasteiger partial charge on any atom is 0.198 e. The van der Waals surface area contributed by atoms with Crippen molar-refractivity contribution in [3.8, 4) is 5.75 Å². The van der Waals surface area contributed by atoms with Crippen LogP contribution in [0.4, 0.5) is 0 Å². The number of methoxy groups -OCH3 is 1. The summed E-state index contributed by atoms with van der Waals surface area (Å²) < 4.78 is 10.4. The van der Waals surface area contributed by atoms with Gasteiger partial charge in [0.2, 0.25) is 0 Å². The number of hydrogen-bond donors (Lipinski definition) is 1. The van der Waals surface area contributed by atoms with Gasteiger partial charge in [-0.1, -0.05) is 12.1 Å². The molecule has 0 aliphatic carbocycles. The molecule has 0 aliphatic rings. The third kappa shape index (κ3) is 3.45. The Morgan fingerprint density at radius 2 is 1.95 bits per heavy atom. The van der Waals surface area contributed by atoms with E-state index in [1.165, 1.54) is 0 Å². The predicted molar refractivity (Wildman–Crippen MR) is 72.2 cm³/mol. The molecule has 1 aromatic carbocycles. The van der Waals surface area contributed by atoms with Crippen LogP contribution in [0.3, 0.4) is 0 Å². The Morgan fingerprint density at radius 3 is 2.53 bits per heavy atom. The van der Waals surface area contributed by atoms with E-state index >= 15 is 0 Å². The Morgan fingerprint density at radius 1 is 1.21 bits per heavy atom. The molecule has 0 spiro atoms. The van der Waals surface area contributed by atoms with Gasteiger partial charge < -0.3 is 14.9 Å². The van der Waals surface area contributed by atoms with Crippen LogP contribution in [0.5, 0.6) is 5.75 Å². The fourth-order valence-electron chi connectivity index (χ4n) is 1.81. The van der Waals surface area contributed by atoms with E-state index in [0.717, 1.165) is 11.3 Å². The monoisotopic (exact) mass is 259 g/mol. The van der Waals surface area contributed by atoms with Gasteiger partial charge in [0.25, 0.3) is 0 Å². The van der Waals surface area contributed by atoms with Crippen LogP contribution >= 0.6 is 0 Å². The molecule has 100 valence electrons. The van der Waals surface area contributed by atoms with E-state index in [2.05, 4.69) is 0 Å². The van der Waals surface area contributed by atoms with E-state index < -0.39 is 0 Å². The van der Waals surface area contributed by atoms with E-state index in [1.54, 1.807) is 19.2 Å². The first kappa shape index (κ1) is 13.4. The average Bonchev–Trinajstić information content (AvgIpc) is 2.94. The van der Waals surface area contributed by atoms with Crippen LogP contribution in [-0.4, -0.2) is 12.9 Å². The average molecular weight is 259 g/mol. The normalized spacial score (nSPS) is 10.4. The summed E-state index contributed by atoms with van der Waals surface area (Å²) in [5.41, 5.74) is 6.54. The highest BCUT2D eigenvalue weighted by molar-refractivity contribution is 5.93. The van der Waals surface area contributed by atoms with Crippen molar-refractivity contribution in [2.24, 2.45) is 5.73 Å². The molecule has 2 rings (SSSR count). The van der Waals surface area contributed by atoms with E-state index in [1.807, 2.05) is 24.3 Å². The van der Waals surface area contributed by atoms with E-state index in [4.69, 9.17) is 14.9 Å². The highest BCUT2D eigenvalue weighted by atomic mass is 16.5. The smallest absolute Gasteiger partial charge is 0.198 e. The number of furan rings is 1. The van der Waals surface area contributed by atoms with Crippen molar-refractivity contribution in [3.63, 3.8) is 0 Å². The summed E-state index contributed by atoms with van der Waals surface area (Å²) in [5, 5.41) is 0. The predicted octanol–water partition coefficient (Wildman–Crippen LogP) is 2.56. The molecule has 1 heterocycles. The van der Waals surface area contributed by atoms with Gasteiger partial charge in [-0.2, -0.15) is 0 Å². The second kappa shape index (κ2) is 6.20. The van der Waals surface area contributed by atoms with Crippen molar-refractivity contribution < 1.29 is 13.9 Å². The highest BCUT2D eigenvalue weighted by Gasteiger charge is 2.10. The van der Waals surface area contributed by atoms with Crippen LogP contribution in [0.2, 0.25) is 0 Å². The third-order valence-corrected chi connectivity index (χ3v) is 2.94. The van der Waals surface area contributed by atoms with Gasteiger partial charge in [-0.05, 0) is 36.2 Å². The summed E-state index contributed by atoms with van der Waals surface area (Å²) in [6, 6.07) is 11.1. The molecule has 0 fully saturated rings. The van der Waals surface area contributed by atoms with Crippen LogP contribution in [0.15, 0.2) is 40.8 Å². The van der Waals surface area contributed by atoms with Crippen molar-refractivity contribution >= 4 is 5.78 Å². The number of rotatable bonds is 6. The number of aryl methyl sites for hydroxylation is 1. The first-order chi connectivity index (χ1) is 9.22. The van der Waals surface area contributed by atoms with E-state index in [9.17, 15) is 4.79 Å². The quantitative estimate of drug-likeness (QED) is 0.810. The Bertz CT molecular complexity index is 543. The minimum atomic E-state index is -0.00415. The van der Waals surface area contributed by atoms with Crippen LogP contribution in [0.1, 0.15) is 28.3 Å². The topological polar surface area (TPSA) is 65.5 Å². The highest BCUT2D eigenvalue weighted by Crippen LogP contribution is 2.15. The lowest BCUT2D eigenvalue weighted by molar-refractivity contribution is 0.0954. The molecule has 0 radical (unpaired) electrons. The fourth-order valence-corrected chi connectivity index (χ4v) is 1.81. The van der Waals surface area contributed by atoms with Gasteiger partial charge in [0.15, 0.2) is 11.5 Å². The molecular weight excluding hydrogens is 242 g/mol. The molecule has 0 atom stereocenters. The van der Waals surface area contributed by atoms with Crippen LogP contribution in [-0.2, 0) is 13.0 Å². The van der Waals surface area contributed by atoms with Gasteiger partial charge in [0.05, 0.1) is 13.7 Å². The molecule has 0 unspecified atom stereocenters. The molecule has 4 heteroatoms. The van der Waals surface area contributed by atoms with Crippen LogP contribution < -0.4 is 10.5 Å². The molecule has 1 aromatic heterocycles. The lowest BCUT2D eigenvalue weighted by atomic mass is 10.1. The van der Waals surface area contributed by atoms with Gasteiger partial charge in [-0.15, -0.1) is 0 Å². The largest absolute Gasteiger partial charge is 0.497 e. The summed E-state index contributed by atoms with van der Waals surface area (Å²) in [4.78, 5) is 11.9. The maximum absolute atomic E-state index is 11.9. The Kier molecular flexibility index (Phi) is 4.36. The Balaban J connectivity index is 1.92. The minimum absolute atomic E-state index is 0.00415. The third-order valence-electron chi connectivity index (χ3n) is 2.94. The standard InChI is InChI=1S/C15H17NO3/c1-18-12-5-2-11(3-6-12)4-8-14(17)15-9-7-13(10-16)19-15/h2-3,5-7,9H,4,8,10,16H2,1H3. The number of nitrogens with two attached hydrogens (primary N) is 1. The fraction of sp³-hybridized carbons (Fsp3) is 0.267. The molecule has 0 saturated heterocycles. The molecule has 2 N–H and O–H groups in total. The van der Waals surface area contributed by atoms with Gasteiger partial charge in [0, 0.05) is 6.42 Å². The number of benzene rings is 1. The molecule has 0 amide bonds. The number of carbonyl (C=O) groups excluding carboxylic acids is 1. The second-order valence-corrected chi connectivity index (χ2v) is 4.24. The Hall–Kier alpha value is -2.07. The second-order valence-electron chi connectivity index (χ2n) is 4.24. The zero-order chi connectivity index (χ0) is 13.7. The van der Waals surface area contributed by atoms with E-state index in [-0.39, 0.29) is 5.78 Å². The van der Waals surface area contributed by atoms with Crippen molar-refractivity contribution in [2.75, 3.05) is 7.11 Å². The van der Waals surface area contributed by atoms with E-state index in [0.29, 0.717) is 30.9 Å². The van der Waals surface area contributed by atoms with Gasteiger partial charge in [0.1, 0.15) is 11.5 Å². The number of ketones is 1. The lowest BCUT2D eigenvalue weighted by Crippen LogP contribution is -2.00. The lowest BCUT2D eigenvalue weighted by Gasteiger charge is -2.02. The van der Waals surface area contributed by atoms with Gasteiger partial charge >= 0.3 is 0 Å². The number of carbonyl (C=O) groups is 1. The summed E-state index contributed by atoms with van der Waals surface area (Å²) in [6.07, 6.45) is 1.10. The van der Waals surface area contributed by atoms with Crippen molar-refractivity contribution in [2.45, 2.75) is 19.4 Å². The zero-order valence-corrected chi connectivity index (χ0v) is 10.9. The van der Waals surface area contributed by atoms with Crippen LogP contribution in [0.25, 0.3) is 0 Å². The van der Waals surface area contributed by atoms with Gasteiger partial charge in [-0.3, -0.25) is 4.79 Å². The molecule has 0 bridgehead atoms. The Labute approximate surface area is 112 Å². The summed E-state index contributed by atoms with van der Waals surface area (Å²) in [7, 11) is 1.63. The van der Waals surface area contributed by atoms with Crippen molar-refractivity contribution in [3.05, 3.63) is 53.5 Å². The molecule has 0 aliphatic heterocycles. The number of ether oxygens (including phenoxy) is 1. The first-order valence-corrected chi connectivity index (χ1v) is 6.18. The molecule has 2 aromatic rings. The minimum Gasteiger partial charge on any atom is -0.497 e. The first-order valence-electron chi connectivity index (χ1n) is 6.18. The molecule has 4 nitrogen and oxygen atoms in total.